The monoisotopic (exact) mass is 608 g/mol. The van der Waals surface area contributed by atoms with E-state index in [1.165, 1.54) is 11.2 Å². The van der Waals surface area contributed by atoms with Gasteiger partial charge in [0, 0.05) is 23.2 Å². The van der Waals surface area contributed by atoms with Crippen LogP contribution >= 0.6 is 11.6 Å². The number of aromatic nitrogens is 1. The van der Waals surface area contributed by atoms with E-state index in [2.05, 4.69) is 21.7 Å². The van der Waals surface area contributed by atoms with Gasteiger partial charge in [-0.25, -0.2) is 13.4 Å². The summed E-state index contributed by atoms with van der Waals surface area (Å²) in [6.45, 7) is 1.99. The van der Waals surface area contributed by atoms with Crippen molar-refractivity contribution >= 4 is 56.1 Å². The molecular formula is C31H33ClN4O5S. The van der Waals surface area contributed by atoms with E-state index in [1.807, 2.05) is 13.0 Å². The van der Waals surface area contributed by atoms with Gasteiger partial charge in [-0.1, -0.05) is 35.9 Å². The maximum absolute atomic E-state index is 13.3. The van der Waals surface area contributed by atoms with E-state index >= 15 is 0 Å². The van der Waals surface area contributed by atoms with Crippen LogP contribution < -0.4 is 10.6 Å². The number of amides is 3. The summed E-state index contributed by atoms with van der Waals surface area (Å²) in [6, 6.07) is 12.3. The fourth-order valence-corrected chi connectivity index (χ4v) is 5.98. The Bertz CT molecular complexity index is 1690. The molecule has 1 saturated carbocycles. The molecular weight excluding hydrogens is 576 g/mol. The molecule has 5 rings (SSSR count). The molecule has 3 aromatic rings. The number of pyridine rings is 1. The smallest absolute Gasteiger partial charge is 0.270 e. The van der Waals surface area contributed by atoms with Crippen LogP contribution in [-0.2, 0) is 19.4 Å². The third-order valence-corrected chi connectivity index (χ3v) is 8.99. The molecule has 2 heterocycles. The summed E-state index contributed by atoms with van der Waals surface area (Å²) >= 11 is 6.01. The summed E-state index contributed by atoms with van der Waals surface area (Å²) in [5, 5.41) is 7.01. The number of allylic oxidation sites excluding steroid dienone is 1. The molecule has 1 aliphatic carbocycles. The lowest BCUT2D eigenvalue weighted by molar-refractivity contribution is -0.137. The van der Waals surface area contributed by atoms with Gasteiger partial charge >= 0.3 is 0 Å². The van der Waals surface area contributed by atoms with Crippen LogP contribution in [0, 0.1) is 5.92 Å². The van der Waals surface area contributed by atoms with Crippen molar-refractivity contribution < 1.29 is 22.8 Å². The number of fused-ring (bicyclic) bond motifs is 1. The summed E-state index contributed by atoms with van der Waals surface area (Å²) in [4.78, 5) is 45.2. The molecule has 1 aliphatic heterocycles. The number of rotatable bonds is 9. The van der Waals surface area contributed by atoms with E-state index < -0.39 is 27.8 Å². The zero-order valence-corrected chi connectivity index (χ0v) is 25.0. The van der Waals surface area contributed by atoms with Gasteiger partial charge in [0.1, 0.15) is 11.7 Å². The number of likely N-dealkylation sites (tertiary alicyclic amines) is 1. The number of carbonyl (C=O) groups excluding carboxylic acids is 3. The second-order valence-electron chi connectivity index (χ2n) is 11.0. The molecule has 0 spiro atoms. The Labute approximate surface area is 250 Å². The Morgan fingerprint density at radius 1 is 1.10 bits per heavy atom. The van der Waals surface area contributed by atoms with Gasteiger partial charge in [-0.3, -0.25) is 14.4 Å². The number of hydrogen-bond acceptors (Lipinski definition) is 6. The zero-order chi connectivity index (χ0) is 30.0. The number of nitrogens with zero attached hydrogens (tertiary/aromatic N) is 2. The topological polar surface area (TPSA) is 126 Å². The summed E-state index contributed by atoms with van der Waals surface area (Å²) < 4.78 is 24.3. The van der Waals surface area contributed by atoms with E-state index in [0.717, 1.165) is 29.4 Å². The van der Waals surface area contributed by atoms with E-state index in [1.54, 1.807) is 48.5 Å². The molecule has 2 fully saturated rings. The van der Waals surface area contributed by atoms with Crippen LogP contribution in [0.15, 0.2) is 59.5 Å². The molecule has 2 N–H and O–H groups in total. The predicted octanol–water partition coefficient (Wildman–Crippen LogP) is 4.31. The predicted molar refractivity (Wildman–Crippen MR) is 162 cm³/mol. The van der Waals surface area contributed by atoms with Crippen molar-refractivity contribution in [2.45, 2.75) is 49.6 Å². The first-order valence-electron chi connectivity index (χ1n) is 14.0. The maximum atomic E-state index is 13.3. The Kier molecular flexibility index (Phi) is 8.65. The maximum Gasteiger partial charge on any atom is 0.270 e. The number of benzene rings is 2. The molecule has 11 heteroatoms. The highest BCUT2D eigenvalue weighted by Crippen LogP contribution is 2.32. The molecule has 0 bridgehead atoms. The fourth-order valence-electron chi connectivity index (χ4n) is 5.15. The van der Waals surface area contributed by atoms with Crippen LogP contribution in [0.5, 0.6) is 0 Å². The minimum atomic E-state index is -3.39. The van der Waals surface area contributed by atoms with Crippen LogP contribution in [0.2, 0.25) is 5.02 Å². The second kappa shape index (κ2) is 12.2. The van der Waals surface area contributed by atoms with E-state index in [9.17, 15) is 22.8 Å². The van der Waals surface area contributed by atoms with Crippen molar-refractivity contribution in [2.75, 3.05) is 19.3 Å². The second-order valence-corrected chi connectivity index (χ2v) is 13.4. The van der Waals surface area contributed by atoms with Crippen LogP contribution in [0.3, 0.4) is 0 Å². The Balaban J connectivity index is 1.22. The van der Waals surface area contributed by atoms with E-state index in [4.69, 9.17) is 11.6 Å². The molecule has 220 valence electrons. The summed E-state index contributed by atoms with van der Waals surface area (Å²) in [7, 11) is -3.39. The number of nitrogens with one attached hydrogen (secondary N) is 2. The highest BCUT2D eigenvalue weighted by atomic mass is 35.5. The zero-order valence-electron chi connectivity index (χ0n) is 23.5. The van der Waals surface area contributed by atoms with Gasteiger partial charge < -0.3 is 15.5 Å². The average molecular weight is 609 g/mol. The molecule has 2 aromatic carbocycles. The summed E-state index contributed by atoms with van der Waals surface area (Å²) in [6.07, 6.45) is 8.58. The van der Waals surface area contributed by atoms with Gasteiger partial charge in [-0.05, 0) is 86.1 Å². The van der Waals surface area contributed by atoms with Crippen LogP contribution in [0.25, 0.3) is 17.0 Å². The normalized spacial score (nSPS) is 17.9. The van der Waals surface area contributed by atoms with Gasteiger partial charge in [0.15, 0.2) is 9.84 Å². The van der Waals surface area contributed by atoms with E-state index in [-0.39, 0.29) is 28.9 Å². The first-order valence-corrected chi connectivity index (χ1v) is 16.2. The van der Waals surface area contributed by atoms with Gasteiger partial charge in [0.05, 0.1) is 23.0 Å². The number of carbonyl (C=O) groups is 3. The van der Waals surface area contributed by atoms with Crippen molar-refractivity contribution in [3.05, 3.63) is 76.5 Å². The molecule has 1 aromatic heterocycles. The fraction of sp³-hybridized carbons (Fsp3) is 0.355. The minimum absolute atomic E-state index is 0.176. The molecule has 9 nitrogen and oxygen atoms in total. The first kappa shape index (κ1) is 29.7. The molecule has 0 unspecified atom stereocenters. The molecule has 0 radical (unpaired) electrons. The number of halogens is 1. The third kappa shape index (κ3) is 6.99. The average Bonchev–Trinajstić information content (AvgIpc) is 3.66. The van der Waals surface area contributed by atoms with Crippen LogP contribution in [0.4, 0.5) is 0 Å². The lowest BCUT2D eigenvalue weighted by Crippen LogP contribution is -2.49. The summed E-state index contributed by atoms with van der Waals surface area (Å²) in [5.74, 6) is -0.636. The highest BCUT2D eigenvalue weighted by molar-refractivity contribution is 7.90. The lowest BCUT2D eigenvalue weighted by Gasteiger charge is -2.26. The standard InChI is InChI=1S/C31H33ClN4O5S/c1-19(25-12-11-24(42(2,40)41)17-21(25)8-7-20-5-6-20)34-31(39)28-4-3-15-36(28)29(37)18-33-30(38)27-13-9-22-16-23(32)10-14-26(22)35-27/h7-14,16-17,19-20,28H,3-6,15,18H2,1-2H3,(H,33,38)(H,34,39)/b8-7+/t19-,28-/m0/s1. The van der Waals surface area contributed by atoms with Crippen molar-refractivity contribution in [3.63, 3.8) is 0 Å². The highest BCUT2D eigenvalue weighted by Gasteiger charge is 2.35. The molecule has 1 saturated heterocycles. The first-order chi connectivity index (χ1) is 20.0. The Hall–Kier alpha value is -3.76. The Morgan fingerprint density at radius 3 is 2.62 bits per heavy atom. The van der Waals surface area contributed by atoms with Gasteiger partial charge in [0.25, 0.3) is 5.91 Å². The largest absolute Gasteiger partial charge is 0.348 e. The van der Waals surface area contributed by atoms with Crippen molar-refractivity contribution in [2.24, 2.45) is 5.92 Å². The van der Waals surface area contributed by atoms with E-state index in [0.29, 0.717) is 35.8 Å². The third-order valence-electron chi connectivity index (χ3n) is 7.64. The van der Waals surface area contributed by atoms with Gasteiger partial charge in [-0.15, -0.1) is 0 Å². The van der Waals surface area contributed by atoms with Crippen molar-refractivity contribution in [1.29, 1.82) is 0 Å². The number of hydrogen-bond donors (Lipinski definition) is 2. The molecule has 2 aliphatic rings. The molecule has 2 atom stereocenters. The quantitative estimate of drug-likeness (QED) is 0.373. The van der Waals surface area contributed by atoms with Crippen LogP contribution in [0.1, 0.15) is 60.3 Å². The van der Waals surface area contributed by atoms with Gasteiger partial charge in [0.2, 0.25) is 11.8 Å². The van der Waals surface area contributed by atoms with Crippen molar-refractivity contribution in [3.8, 4) is 0 Å². The Morgan fingerprint density at radius 2 is 1.88 bits per heavy atom. The lowest BCUT2D eigenvalue weighted by atomic mass is 10.00. The van der Waals surface area contributed by atoms with Gasteiger partial charge in [-0.2, -0.15) is 0 Å². The SMILES string of the molecule is C[C@H](NC(=O)[C@@H]1CCCN1C(=O)CNC(=O)c1ccc2cc(Cl)ccc2n1)c1ccc(S(C)(=O)=O)cc1/C=C/C1CC1. The van der Waals surface area contributed by atoms with Crippen molar-refractivity contribution in [1.82, 2.24) is 20.5 Å². The molecule has 42 heavy (non-hydrogen) atoms. The van der Waals surface area contributed by atoms with Crippen LogP contribution in [-0.4, -0.2) is 61.4 Å². The minimum Gasteiger partial charge on any atom is -0.348 e. The molecule has 3 amide bonds. The summed E-state index contributed by atoms with van der Waals surface area (Å²) in [5.41, 5.74) is 2.32. The number of sulfone groups is 1.